The Morgan fingerprint density at radius 2 is 1.91 bits per heavy atom. The maximum atomic E-state index is 12.6. The molecule has 0 spiro atoms. The summed E-state index contributed by atoms with van der Waals surface area (Å²) >= 11 is 0. The first-order chi connectivity index (χ1) is 11.0. The highest BCUT2D eigenvalue weighted by Gasteiger charge is 2.14. The van der Waals surface area contributed by atoms with Gasteiger partial charge in [0.1, 0.15) is 5.69 Å². The summed E-state index contributed by atoms with van der Waals surface area (Å²) in [6, 6.07) is 11.5. The molecule has 0 atom stereocenters. The quantitative estimate of drug-likeness (QED) is 0.802. The fourth-order valence-corrected chi connectivity index (χ4v) is 2.66. The monoisotopic (exact) mass is 308 g/mol. The van der Waals surface area contributed by atoms with Crippen molar-refractivity contribution in [3.05, 3.63) is 59.0 Å². The van der Waals surface area contributed by atoms with Gasteiger partial charge in [-0.25, -0.2) is 9.50 Å². The SMILES string of the molecule is Cc1cc2nc(C(=O)Nc3ccccc3C(C)C)cc(C)n2n1. The van der Waals surface area contributed by atoms with Crippen LogP contribution >= 0.6 is 0 Å². The van der Waals surface area contributed by atoms with E-state index in [0.29, 0.717) is 17.3 Å². The Morgan fingerprint density at radius 3 is 2.65 bits per heavy atom. The number of amides is 1. The van der Waals surface area contributed by atoms with Crippen LogP contribution in [-0.2, 0) is 0 Å². The Bertz CT molecular complexity index is 880. The molecule has 1 amide bonds. The summed E-state index contributed by atoms with van der Waals surface area (Å²) in [5.74, 6) is 0.128. The average Bonchev–Trinajstić information content (AvgIpc) is 2.88. The lowest BCUT2D eigenvalue weighted by molar-refractivity contribution is 0.102. The number of para-hydroxylation sites is 1. The number of hydrogen-bond acceptors (Lipinski definition) is 3. The van der Waals surface area contributed by atoms with Crippen LogP contribution in [0.3, 0.4) is 0 Å². The molecule has 0 radical (unpaired) electrons. The molecule has 1 N–H and O–H groups in total. The fraction of sp³-hybridized carbons (Fsp3) is 0.278. The number of carbonyl (C=O) groups excluding carboxylic acids is 1. The standard InChI is InChI=1S/C18H20N4O/c1-11(2)14-7-5-6-8-15(14)20-18(23)16-10-13(4)22-17(19-16)9-12(3)21-22/h5-11H,1-4H3,(H,20,23). The van der Waals surface area contributed by atoms with Crippen LogP contribution in [0.4, 0.5) is 5.69 Å². The van der Waals surface area contributed by atoms with Gasteiger partial charge < -0.3 is 5.32 Å². The molecule has 2 aromatic heterocycles. The van der Waals surface area contributed by atoms with Crippen LogP contribution in [0.25, 0.3) is 5.65 Å². The summed E-state index contributed by atoms with van der Waals surface area (Å²) < 4.78 is 1.74. The zero-order chi connectivity index (χ0) is 16.6. The van der Waals surface area contributed by atoms with Crippen molar-refractivity contribution in [1.29, 1.82) is 0 Å². The second kappa shape index (κ2) is 5.83. The highest BCUT2D eigenvalue weighted by atomic mass is 16.1. The Labute approximate surface area is 135 Å². The third-order valence-electron chi connectivity index (χ3n) is 3.79. The van der Waals surface area contributed by atoms with Crippen LogP contribution in [0.15, 0.2) is 36.4 Å². The van der Waals surface area contributed by atoms with Gasteiger partial charge >= 0.3 is 0 Å². The molecule has 0 aliphatic heterocycles. The van der Waals surface area contributed by atoms with Gasteiger partial charge in [0.25, 0.3) is 5.91 Å². The molecule has 5 nitrogen and oxygen atoms in total. The first kappa shape index (κ1) is 15.2. The van der Waals surface area contributed by atoms with Crippen LogP contribution in [0.2, 0.25) is 0 Å². The van der Waals surface area contributed by atoms with Crippen molar-refractivity contribution in [1.82, 2.24) is 14.6 Å². The lowest BCUT2D eigenvalue weighted by Gasteiger charge is -2.13. The molecular weight excluding hydrogens is 288 g/mol. The van der Waals surface area contributed by atoms with E-state index in [-0.39, 0.29) is 5.91 Å². The summed E-state index contributed by atoms with van der Waals surface area (Å²) in [5, 5.41) is 7.33. The van der Waals surface area contributed by atoms with Gasteiger partial charge in [0.2, 0.25) is 0 Å². The van der Waals surface area contributed by atoms with Gasteiger partial charge in [-0.1, -0.05) is 32.0 Å². The highest BCUT2D eigenvalue weighted by molar-refractivity contribution is 6.03. The number of fused-ring (bicyclic) bond motifs is 1. The van der Waals surface area contributed by atoms with Gasteiger partial charge in [0.15, 0.2) is 5.65 Å². The van der Waals surface area contributed by atoms with Crippen molar-refractivity contribution in [2.24, 2.45) is 0 Å². The summed E-state index contributed by atoms with van der Waals surface area (Å²) in [6.07, 6.45) is 0. The van der Waals surface area contributed by atoms with Crippen LogP contribution in [-0.4, -0.2) is 20.5 Å². The lowest BCUT2D eigenvalue weighted by atomic mass is 10.0. The van der Waals surface area contributed by atoms with Crippen LogP contribution in [0, 0.1) is 13.8 Å². The number of aromatic nitrogens is 3. The van der Waals surface area contributed by atoms with Crippen LogP contribution < -0.4 is 5.32 Å². The molecule has 3 aromatic rings. The molecule has 118 valence electrons. The molecule has 0 saturated carbocycles. The molecule has 0 aliphatic carbocycles. The Balaban J connectivity index is 1.95. The van der Waals surface area contributed by atoms with Crippen LogP contribution in [0.5, 0.6) is 0 Å². The second-order valence-corrected chi connectivity index (χ2v) is 6.03. The molecule has 2 heterocycles. The summed E-state index contributed by atoms with van der Waals surface area (Å²) in [5.41, 5.74) is 4.78. The van der Waals surface area contributed by atoms with Gasteiger partial charge in [-0.2, -0.15) is 5.10 Å². The summed E-state index contributed by atoms with van der Waals surface area (Å²) in [4.78, 5) is 17.0. The predicted molar refractivity (Wildman–Crippen MR) is 90.9 cm³/mol. The van der Waals surface area contributed by atoms with Gasteiger partial charge in [-0.15, -0.1) is 0 Å². The number of nitrogens with one attached hydrogen (secondary N) is 1. The number of carbonyl (C=O) groups is 1. The molecule has 3 rings (SSSR count). The highest BCUT2D eigenvalue weighted by Crippen LogP contribution is 2.24. The zero-order valence-corrected chi connectivity index (χ0v) is 13.8. The average molecular weight is 308 g/mol. The van der Waals surface area contributed by atoms with E-state index >= 15 is 0 Å². The van der Waals surface area contributed by atoms with Gasteiger partial charge in [-0.3, -0.25) is 4.79 Å². The third-order valence-corrected chi connectivity index (χ3v) is 3.79. The molecule has 5 heteroatoms. The van der Waals surface area contributed by atoms with E-state index in [4.69, 9.17) is 0 Å². The molecule has 0 aliphatic rings. The fourth-order valence-electron chi connectivity index (χ4n) is 2.66. The Morgan fingerprint density at radius 1 is 1.17 bits per heavy atom. The Hall–Kier alpha value is -2.69. The van der Waals surface area contributed by atoms with Crippen molar-refractivity contribution in [3.63, 3.8) is 0 Å². The van der Waals surface area contributed by atoms with Crippen molar-refractivity contribution in [2.75, 3.05) is 5.32 Å². The summed E-state index contributed by atoms with van der Waals surface area (Å²) in [7, 11) is 0. The van der Waals surface area contributed by atoms with Crippen molar-refractivity contribution in [3.8, 4) is 0 Å². The smallest absolute Gasteiger partial charge is 0.274 e. The van der Waals surface area contributed by atoms with E-state index in [9.17, 15) is 4.79 Å². The summed E-state index contributed by atoms with van der Waals surface area (Å²) in [6.45, 7) is 8.04. The van der Waals surface area contributed by atoms with Crippen molar-refractivity contribution in [2.45, 2.75) is 33.6 Å². The molecule has 0 bridgehead atoms. The minimum absolute atomic E-state index is 0.206. The Kier molecular flexibility index (Phi) is 3.86. The van der Waals surface area contributed by atoms with E-state index in [1.54, 1.807) is 10.6 Å². The van der Waals surface area contributed by atoms with Gasteiger partial charge in [0, 0.05) is 17.4 Å². The van der Waals surface area contributed by atoms with Crippen molar-refractivity contribution >= 4 is 17.2 Å². The molecular formula is C18H20N4O. The van der Waals surface area contributed by atoms with E-state index in [2.05, 4.69) is 29.2 Å². The maximum absolute atomic E-state index is 12.6. The van der Waals surface area contributed by atoms with Gasteiger partial charge in [0.05, 0.1) is 5.69 Å². The second-order valence-electron chi connectivity index (χ2n) is 6.03. The number of nitrogens with zero attached hydrogens (tertiary/aromatic N) is 3. The number of anilines is 1. The lowest BCUT2D eigenvalue weighted by Crippen LogP contribution is -2.16. The molecule has 1 aromatic carbocycles. The normalized spacial score (nSPS) is 11.2. The topological polar surface area (TPSA) is 59.3 Å². The zero-order valence-electron chi connectivity index (χ0n) is 13.8. The van der Waals surface area contributed by atoms with E-state index < -0.39 is 0 Å². The van der Waals surface area contributed by atoms with Crippen molar-refractivity contribution < 1.29 is 4.79 Å². The van der Waals surface area contributed by atoms with E-state index in [1.807, 2.05) is 44.2 Å². The first-order valence-electron chi connectivity index (χ1n) is 7.70. The minimum Gasteiger partial charge on any atom is -0.320 e. The first-order valence-corrected chi connectivity index (χ1v) is 7.70. The maximum Gasteiger partial charge on any atom is 0.274 e. The predicted octanol–water partition coefficient (Wildman–Crippen LogP) is 3.72. The van der Waals surface area contributed by atoms with E-state index in [1.165, 1.54) is 0 Å². The molecule has 0 fully saturated rings. The minimum atomic E-state index is -0.206. The molecule has 0 unspecified atom stereocenters. The molecule has 0 saturated heterocycles. The van der Waals surface area contributed by atoms with E-state index in [0.717, 1.165) is 22.6 Å². The third kappa shape index (κ3) is 2.95. The number of rotatable bonds is 3. The number of hydrogen-bond donors (Lipinski definition) is 1. The van der Waals surface area contributed by atoms with Crippen LogP contribution in [0.1, 0.15) is 47.2 Å². The number of aryl methyl sites for hydroxylation is 2. The molecule has 23 heavy (non-hydrogen) atoms. The number of benzene rings is 1. The van der Waals surface area contributed by atoms with Gasteiger partial charge in [-0.05, 0) is 37.5 Å². The largest absolute Gasteiger partial charge is 0.320 e.